The van der Waals surface area contributed by atoms with Crippen LogP contribution in [0.5, 0.6) is 0 Å². The second kappa shape index (κ2) is 5.57. The molecule has 2 nitrogen and oxygen atoms in total. The minimum Gasteiger partial charge on any atom is -0.356 e. The number of carbonyl (C=O) groups excluding carboxylic acids is 1. The molecule has 1 N–H and O–H groups in total. The van der Waals surface area contributed by atoms with Gasteiger partial charge in [-0.1, -0.05) is 52.3 Å². The van der Waals surface area contributed by atoms with Gasteiger partial charge in [0.15, 0.2) is 0 Å². The van der Waals surface area contributed by atoms with Gasteiger partial charge >= 0.3 is 0 Å². The van der Waals surface area contributed by atoms with Crippen LogP contribution in [0, 0.1) is 0 Å². The first kappa shape index (κ1) is 13.6. The van der Waals surface area contributed by atoms with Crippen LogP contribution in [0.25, 0.3) is 10.8 Å². The SMILES string of the molecule is CC(=O)NCC1CC(Br)Cc2ccc3ccccc3c21. The zero-order valence-electron chi connectivity index (χ0n) is 11.5. The van der Waals surface area contributed by atoms with Crippen molar-refractivity contribution in [3.05, 3.63) is 47.5 Å². The van der Waals surface area contributed by atoms with Crippen LogP contribution in [0.15, 0.2) is 36.4 Å². The molecule has 0 saturated carbocycles. The van der Waals surface area contributed by atoms with Crippen LogP contribution >= 0.6 is 15.9 Å². The lowest BCUT2D eigenvalue weighted by Gasteiger charge is -2.30. The standard InChI is InChI=1S/C17H18BrNO/c1-11(20)19-10-14-9-15(18)8-13-7-6-12-4-2-3-5-16(12)17(13)14/h2-7,14-15H,8-10H2,1H3,(H,19,20). The van der Waals surface area contributed by atoms with Gasteiger partial charge in [-0.25, -0.2) is 0 Å². The van der Waals surface area contributed by atoms with Crippen molar-refractivity contribution in [3.63, 3.8) is 0 Å². The first-order valence-corrected chi connectivity index (χ1v) is 7.95. The number of alkyl halides is 1. The summed E-state index contributed by atoms with van der Waals surface area (Å²) in [6.45, 7) is 2.30. The number of halogens is 1. The van der Waals surface area contributed by atoms with E-state index in [-0.39, 0.29) is 5.91 Å². The summed E-state index contributed by atoms with van der Waals surface area (Å²) in [6.07, 6.45) is 2.14. The lowest BCUT2D eigenvalue weighted by Crippen LogP contribution is -2.30. The van der Waals surface area contributed by atoms with Crippen molar-refractivity contribution in [2.24, 2.45) is 0 Å². The first-order valence-electron chi connectivity index (χ1n) is 7.04. The summed E-state index contributed by atoms with van der Waals surface area (Å²) in [6, 6.07) is 13.0. The normalized spacial score (nSPS) is 21.5. The largest absolute Gasteiger partial charge is 0.356 e. The van der Waals surface area contributed by atoms with E-state index in [2.05, 4.69) is 57.6 Å². The van der Waals surface area contributed by atoms with E-state index in [4.69, 9.17) is 0 Å². The van der Waals surface area contributed by atoms with Crippen molar-refractivity contribution in [1.82, 2.24) is 5.32 Å². The number of nitrogens with one attached hydrogen (secondary N) is 1. The van der Waals surface area contributed by atoms with Gasteiger partial charge < -0.3 is 5.32 Å². The molecule has 3 rings (SSSR count). The third-order valence-electron chi connectivity index (χ3n) is 4.05. The molecule has 2 atom stereocenters. The van der Waals surface area contributed by atoms with E-state index >= 15 is 0 Å². The topological polar surface area (TPSA) is 29.1 Å². The van der Waals surface area contributed by atoms with Gasteiger partial charge in [0, 0.05) is 24.2 Å². The zero-order valence-corrected chi connectivity index (χ0v) is 13.1. The summed E-state index contributed by atoms with van der Waals surface area (Å²) in [5, 5.41) is 5.60. The zero-order chi connectivity index (χ0) is 14.1. The Hall–Kier alpha value is -1.35. The van der Waals surface area contributed by atoms with Crippen molar-refractivity contribution in [1.29, 1.82) is 0 Å². The Morgan fingerprint density at radius 1 is 1.30 bits per heavy atom. The summed E-state index contributed by atoms with van der Waals surface area (Å²) in [5.74, 6) is 0.432. The summed E-state index contributed by atoms with van der Waals surface area (Å²) >= 11 is 3.76. The fraction of sp³-hybridized carbons (Fsp3) is 0.353. The Labute approximate surface area is 127 Å². The fourth-order valence-electron chi connectivity index (χ4n) is 3.20. The van der Waals surface area contributed by atoms with Gasteiger partial charge in [-0.05, 0) is 34.7 Å². The molecule has 2 aromatic rings. The van der Waals surface area contributed by atoms with E-state index in [1.54, 1.807) is 6.92 Å². The minimum absolute atomic E-state index is 0.0449. The van der Waals surface area contributed by atoms with Gasteiger partial charge in [-0.2, -0.15) is 0 Å². The first-order chi connectivity index (χ1) is 9.65. The predicted octanol–water partition coefficient (Wildman–Crippen LogP) is 3.77. The smallest absolute Gasteiger partial charge is 0.216 e. The molecule has 0 saturated heterocycles. The van der Waals surface area contributed by atoms with E-state index in [0.29, 0.717) is 10.7 Å². The molecule has 0 radical (unpaired) electrons. The van der Waals surface area contributed by atoms with Crippen molar-refractivity contribution >= 4 is 32.6 Å². The van der Waals surface area contributed by atoms with Crippen LogP contribution in [-0.4, -0.2) is 17.3 Å². The van der Waals surface area contributed by atoms with Crippen LogP contribution < -0.4 is 5.32 Å². The highest BCUT2D eigenvalue weighted by Crippen LogP contribution is 2.38. The van der Waals surface area contributed by atoms with E-state index in [1.165, 1.54) is 21.9 Å². The van der Waals surface area contributed by atoms with Crippen molar-refractivity contribution in [2.75, 3.05) is 6.54 Å². The van der Waals surface area contributed by atoms with E-state index in [9.17, 15) is 4.79 Å². The van der Waals surface area contributed by atoms with Crippen molar-refractivity contribution in [3.8, 4) is 0 Å². The molecule has 2 unspecified atom stereocenters. The summed E-state index contributed by atoms with van der Waals surface area (Å²) in [4.78, 5) is 11.7. The molecule has 1 aliphatic rings. The highest BCUT2D eigenvalue weighted by molar-refractivity contribution is 9.09. The van der Waals surface area contributed by atoms with Crippen LogP contribution in [-0.2, 0) is 11.2 Å². The van der Waals surface area contributed by atoms with Gasteiger partial charge in [-0.3, -0.25) is 4.79 Å². The summed E-state index contributed by atoms with van der Waals surface area (Å²) < 4.78 is 0. The van der Waals surface area contributed by atoms with Crippen LogP contribution in [0.2, 0.25) is 0 Å². The highest BCUT2D eigenvalue weighted by Gasteiger charge is 2.27. The van der Waals surface area contributed by atoms with Gasteiger partial charge in [-0.15, -0.1) is 0 Å². The maximum atomic E-state index is 11.2. The highest BCUT2D eigenvalue weighted by atomic mass is 79.9. The third-order valence-corrected chi connectivity index (χ3v) is 4.75. The predicted molar refractivity (Wildman–Crippen MR) is 86.4 cm³/mol. The summed E-state index contributed by atoms with van der Waals surface area (Å²) in [7, 11) is 0. The quantitative estimate of drug-likeness (QED) is 0.834. The van der Waals surface area contributed by atoms with E-state index in [1.807, 2.05) is 0 Å². The van der Waals surface area contributed by atoms with Crippen LogP contribution in [0.3, 0.4) is 0 Å². The fourth-order valence-corrected chi connectivity index (χ4v) is 4.00. The Balaban J connectivity index is 2.07. The molecule has 104 valence electrons. The van der Waals surface area contributed by atoms with Gasteiger partial charge in [0.1, 0.15) is 0 Å². The second-order valence-electron chi connectivity index (χ2n) is 5.53. The molecule has 0 fully saturated rings. The van der Waals surface area contributed by atoms with E-state index < -0.39 is 0 Å². The summed E-state index contributed by atoms with van der Waals surface area (Å²) in [5.41, 5.74) is 2.83. The minimum atomic E-state index is 0.0449. The second-order valence-corrected chi connectivity index (χ2v) is 6.83. The lowest BCUT2D eigenvalue weighted by molar-refractivity contribution is -0.119. The third kappa shape index (κ3) is 2.59. The molecular formula is C17H18BrNO. The molecule has 0 heterocycles. The molecule has 1 aliphatic carbocycles. The number of benzene rings is 2. The Kier molecular flexibility index (Phi) is 3.79. The molecule has 1 amide bonds. The monoisotopic (exact) mass is 331 g/mol. The molecule has 2 aromatic carbocycles. The Morgan fingerprint density at radius 3 is 2.90 bits per heavy atom. The number of rotatable bonds is 2. The Morgan fingerprint density at radius 2 is 2.10 bits per heavy atom. The lowest BCUT2D eigenvalue weighted by atomic mass is 9.80. The number of amides is 1. The van der Waals surface area contributed by atoms with Crippen molar-refractivity contribution < 1.29 is 4.79 Å². The van der Waals surface area contributed by atoms with E-state index in [0.717, 1.165) is 19.4 Å². The van der Waals surface area contributed by atoms with Gasteiger partial charge in [0.05, 0.1) is 0 Å². The molecule has 0 spiro atoms. The number of hydrogen-bond donors (Lipinski definition) is 1. The average molecular weight is 332 g/mol. The van der Waals surface area contributed by atoms with Gasteiger partial charge in [0.2, 0.25) is 5.91 Å². The molecule has 3 heteroatoms. The number of hydrogen-bond acceptors (Lipinski definition) is 1. The Bertz CT molecular complexity index is 652. The molecule has 0 aromatic heterocycles. The molecular weight excluding hydrogens is 314 g/mol. The maximum Gasteiger partial charge on any atom is 0.216 e. The average Bonchev–Trinajstić information content (AvgIpc) is 2.44. The van der Waals surface area contributed by atoms with Gasteiger partial charge in [0.25, 0.3) is 0 Å². The number of carbonyl (C=O) groups is 1. The van der Waals surface area contributed by atoms with Crippen LogP contribution in [0.1, 0.15) is 30.4 Å². The molecule has 0 aliphatic heterocycles. The number of fused-ring (bicyclic) bond motifs is 3. The molecule has 20 heavy (non-hydrogen) atoms. The van der Waals surface area contributed by atoms with Crippen LogP contribution in [0.4, 0.5) is 0 Å². The molecule has 0 bridgehead atoms. The van der Waals surface area contributed by atoms with Crippen molar-refractivity contribution in [2.45, 2.75) is 30.5 Å². The maximum absolute atomic E-state index is 11.2.